The molecule has 0 saturated carbocycles. The summed E-state index contributed by atoms with van der Waals surface area (Å²) < 4.78 is 10.3. The van der Waals surface area contributed by atoms with Crippen molar-refractivity contribution in [3.05, 3.63) is 64.8 Å². The fourth-order valence-corrected chi connectivity index (χ4v) is 2.81. The van der Waals surface area contributed by atoms with Crippen molar-refractivity contribution in [3.63, 3.8) is 0 Å². The SMILES string of the molecule is Cc1onc(-c2ccccc2Cl)c1C(=O)NC(C)Cc1ccoc1. The maximum atomic E-state index is 12.7. The second kappa shape index (κ2) is 6.93. The number of aromatic nitrogens is 1. The van der Waals surface area contributed by atoms with Crippen LogP contribution in [0.4, 0.5) is 0 Å². The zero-order valence-electron chi connectivity index (χ0n) is 13.4. The molecule has 0 fully saturated rings. The second-order valence-electron chi connectivity index (χ2n) is 5.65. The fraction of sp³-hybridized carbons (Fsp3) is 0.222. The first-order chi connectivity index (χ1) is 11.6. The highest BCUT2D eigenvalue weighted by Gasteiger charge is 2.24. The Kier molecular flexibility index (Phi) is 4.71. The van der Waals surface area contributed by atoms with E-state index >= 15 is 0 Å². The minimum atomic E-state index is -0.236. The van der Waals surface area contributed by atoms with Crippen LogP contribution in [0.25, 0.3) is 11.3 Å². The van der Waals surface area contributed by atoms with E-state index in [2.05, 4.69) is 10.5 Å². The molecule has 5 nitrogen and oxygen atoms in total. The molecular weight excluding hydrogens is 328 g/mol. The Hall–Kier alpha value is -2.53. The van der Waals surface area contributed by atoms with Crippen LogP contribution in [0.3, 0.4) is 0 Å². The Balaban J connectivity index is 1.83. The van der Waals surface area contributed by atoms with Gasteiger partial charge in [-0.25, -0.2) is 0 Å². The highest BCUT2D eigenvalue weighted by molar-refractivity contribution is 6.33. The van der Waals surface area contributed by atoms with Crippen LogP contribution in [0.5, 0.6) is 0 Å². The Morgan fingerprint density at radius 1 is 1.33 bits per heavy atom. The van der Waals surface area contributed by atoms with Crippen LogP contribution in [0.2, 0.25) is 5.02 Å². The third kappa shape index (κ3) is 3.36. The summed E-state index contributed by atoms with van der Waals surface area (Å²) in [4.78, 5) is 12.7. The van der Waals surface area contributed by atoms with E-state index in [1.54, 1.807) is 25.5 Å². The molecule has 1 unspecified atom stereocenters. The molecule has 0 aliphatic rings. The number of amides is 1. The number of carbonyl (C=O) groups is 1. The quantitative estimate of drug-likeness (QED) is 0.751. The van der Waals surface area contributed by atoms with Crippen LogP contribution in [0.1, 0.15) is 28.6 Å². The topological polar surface area (TPSA) is 68.3 Å². The van der Waals surface area contributed by atoms with Gasteiger partial charge < -0.3 is 14.3 Å². The molecule has 0 aliphatic carbocycles. The van der Waals surface area contributed by atoms with Crippen LogP contribution in [-0.2, 0) is 6.42 Å². The summed E-state index contributed by atoms with van der Waals surface area (Å²) >= 11 is 6.22. The van der Waals surface area contributed by atoms with Crippen LogP contribution >= 0.6 is 11.6 Å². The smallest absolute Gasteiger partial charge is 0.257 e. The third-order valence-electron chi connectivity index (χ3n) is 3.72. The maximum Gasteiger partial charge on any atom is 0.257 e. The van der Waals surface area contributed by atoms with Crippen LogP contribution in [-0.4, -0.2) is 17.1 Å². The average molecular weight is 345 g/mol. The average Bonchev–Trinajstić information content (AvgIpc) is 3.17. The summed E-state index contributed by atoms with van der Waals surface area (Å²) in [7, 11) is 0. The van der Waals surface area contributed by atoms with Gasteiger partial charge in [-0.15, -0.1) is 0 Å². The third-order valence-corrected chi connectivity index (χ3v) is 4.05. The number of carbonyl (C=O) groups excluding carboxylic acids is 1. The number of furan rings is 1. The normalized spacial score (nSPS) is 12.1. The van der Waals surface area contributed by atoms with Gasteiger partial charge in [0, 0.05) is 11.6 Å². The molecule has 1 amide bonds. The van der Waals surface area contributed by atoms with Gasteiger partial charge in [-0.2, -0.15) is 0 Å². The highest BCUT2D eigenvalue weighted by atomic mass is 35.5. The standard InChI is InChI=1S/C18H17ClN2O3/c1-11(9-13-7-8-23-10-13)20-18(22)16-12(2)24-21-17(16)14-5-3-4-6-15(14)19/h3-8,10-11H,9H2,1-2H3,(H,20,22). The lowest BCUT2D eigenvalue weighted by Gasteiger charge is -2.13. The summed E-state index contributed by atoms with van der Waals surface area (Å²) in [5, 5.41) is 7.50. The molecule has 3 aromatic rings. The Bertz CT molecular complexity index is 840. The number of halogens is 1. The van der Waals surface area contributed by atoms with Crippen molar-refractivity contribution in [1.29, 1.82) is 0 Å². The molecule has 0 saturated heterocycles. The number of nitrogens with zero attached hydrogens (tertiary/aromatic N) is 1. The Morgan fingerprint density at radius 3 is 2.83 bits per heavy atom. The van der Waals surface area contributed by atoms with Gasteiger partial charge in [0.05, 0.1) is 17.5 Å². The number of nitrogens with one attached hydrogen (secondary N) is 1. The minimum absolute atomic E-state index is 0.0662. The molecule has 24 heavy (non-hydrogen) atoms. The van der Waals surface area contributed by atoms with Gasteiger partial charge in [-0.3, -0.25) is 4.79 Å². The van der Waals surface area contributed by atoms with Crippen molar-refractivity contribution in [2.45, 2.75) is 26.3 Å². The van der Waals surface area contributed by atoms with E-state index in [1.807, 2.05) is 31.2 Å². The number of benzene rings is 1. The van der Waals surface area contributed by atoms with Crippen molar-refractivity contribution in [1.82, 2.24) is 10.5 Å². The van der Waals surface area contributed by atoms with Crippen molar-refractivity contribution in [2.24, 2.45) is 0 Å². The first kappa shape index (κ1) is 16.3. The van der Waals surface area contributed by atoms with E-state index in [4.69, 9.17) is 20.5 Å². The summed E-state index contributed by atoms with van der Waals surface area (Å²) in [6, 6.07) is 9.04. The molecule has 2 aromatic heterocycles. The maximum absolute atomic E-state index is 12.7. The van der Waals surface area contributed by atoms with Crippen molar-refractivity contribution >= 4 is 17.5 Å². The van der Waals surface area contributed by atoms with E-state index in [9.17, 15) is 4.79 Å². The molecule has 1 aromatic carbocycles. The molecule has 0 aliphatic heterocycles. The highest BCUT2D eigenvalue weighted by Crippen LogP contribution is 2.30. The van der Waals surface area contributed by atoms with Crippen LogP contribution in [0, 0.1) is 6.92 Å². The van der Waals surface area contributed by atoms with Crippen molar-refractivity contribution in [3.8, 4) is 11.3 Å². The fourth-order valence-electron chi connectivity index (χ4n) is 2.59. The van der Waals surface area contributed by atoms with E-state index in [-0.39, 0.29) is 11.9 Å². The van der Waals surface area contributed by atoms with Crippen molar-refractivity contribution in [2.75, 3.05) is 0 Å². The number of hydrogen-bond acceptors (Lipinski definition) is 4. The second-order valence-corrected chi connectivity index (χ2v) is 6.06. The zero-order chi connectivity index (χ0) is 17.1. The Morgan fingerprint density at radius 2 is 2.12 bits per heavy atom. The van der Waals surface area contributed by atoms with Crippen LogP contribution in [0.15, 0.2) is 51.8 Å². The molecule has 2 heterocycles. The summed E-state index contributed by atoms with van der Waals surface area (Å²) in [6.45, 7) is 3.64. The molecule has 124 valence electrons. The summed E-state index contributed by atoms with van der Waals surface area (Å²) in [6.07, 6.45) is 3.96. The summed E-state index contributed by atoms with van der Waals surface area (Å²) in [5.74, 6) is 0.220. The molecule has 3 rings (SSSR count). The largest absolute Gasteiger partial charge is 0.472 e. The first-order valence-electron chi connectivity index (χ1n) is 7.59. The van der Waals surface area contributed by atoms with Gasteiger partial charge in [0.1, 0.15) is 17.0 Å². The van der Waals surface area contributed by atoms with Crippen LogP contribution < -0.4 is 5.32 Å². The van der Waals surface area contributed by atoms with E-state index in [1.165, 1.54) is 0 Å². The number of rotatable bonds is 5. The van der Waals surface area contributed by atoms with E-state index in [0.717, 1.165) is 5.56 Å². The lowest BCUT2D eigenvalue weighted by atomic mass is 10.0. The van der Waals surface area contributed by atoms with Gasteiger partial charge >= 0.3 is 0 Å². The van der Waals surface area contributed by atoms with Gasteiger partial charge in [-0.05, 0) is 38.0 Å². The predicted molar refractivity (Wildman–Crippen MR) is 91.0 cm³/mol. The van der Waals surface area contributed by atoms with Gasteiger partial charge in [-0.1, -0.05) is 35.0 Å². The van der Waals surface area contributed by atoms with E-state index < -0.39 is 0 Å². The molecule has 6 heteroatoms. The monoisotopic (exact) mass is 344 g/mol. The Labute approximate surface area is 144 Å². The van der Waals surface area contributed by atoms with Gasteiger partial charge in [0.2, 0.25) is 0 Å². The predicted octanol–water partition coefficient (Wildman–Crippen LogP) is 4.26. The molecule has 0 bridgehead atoms. The van der Waals surface area contributed by atoms with E-state index in [0.29, 0.717) is 34.0 Å². The molecular formula is C18H17ClN2O3. The lowest BCUT2D eigenvalue weighted by molar-refractivity contribution is 0.0939. The molecule has 0 spiro atoms. The first-order valence-corrected chi connectivity index (χ1v) is 7.97. The zero-order valence-corrected chi connectivity index (χ0v) is 14.1. The van der Waals surface area contributed by atoms with Crippen molar-refractivity contribution < 1.29 is 13.7 Å². The van der Waals surface area contributed by atoms with Gasteiger partial charge in [0.25, 0.3) is 5.91 Å². The minimum Gasteiger partial charge on any atom is -0.472 e. The molecule has 1 atom stereocenters. The number of aryl methyl sites for hydroxylation is 1. The summed E-state index contributed by atoms with van der Waals surface area (Å²) in [5.41, 5.74) is 2.55. The number of hydrogen-bond donors (Lipinski definition) is 1. The molecule has 1 N–H and O–H groups in total. The molecule has 0 radical (unpaired) electrons. The van der Waals surface area contributed by atoms with Gasteiger partial charge in [0.15, 0.2) is 0 Å². The lowest BCUT2D eigenvalue weighted by Crippen LogP contribution is -2.34.